The average Bonchev–Trinajstić information content (AvgIpc) is 2.55. The molecule has 1 unspecified atom stereocenters. The van der Waals surface area contributed by atoms with Crippen molar-refractivity contribution in [1.29, 1.82) is 0 Å². The Morgan fingerprint density at radius 1 is 1.31 bits per heavy atom. The van der Waals surface area contributed by atoms with Crippen LogP contribution in [0.4, 0.5) is 30.6 Å². The number of hydrogen-bond acceptors (Lipinski definition) is 5. The Bertz CT molecular complexity index is 818. The van der Waals surface area contributed by atoms with Gasteiger partial charge in [0.25, 0.3) is 0 Å². The van der Waals surface area contributed by atoms with Crippen LogP contribution in [0.2, 0.25) is 10.0 Å². The van der Waals surface area contributed by atoms with Crippen LogP contribution in [-0.2, 0) is 11.0 Å². The Hall–Kier alpha value is -2.26. The number of aliphatic carboxylic acids is 1. The summed E-state index contributed by atoms with van der Waals surface area (Å²) in [5.41, 5.74) is -0.771. The van der Waals surface area contributed by atoms with E-state index in [2.05, 4.69) is 20.6 Å². The molecule has 6 nitrogen and oxygen atoms in total. The van der Waals surface area contributed by atoms with Crippen LogP contribution in [0.5, 0.6) is 0 Å². The van der Waals surface area contributed by atoms with Gasteiger partial charge in [0.2, 0.25) is 5.95 Å². The highest BCUT2D eigenvalue weighted by Gasteiger charge is 2.36. The summed E-state index contributed by atoms with van der Waals surface area (Å²) < 4.78 is 39.4. The van der Waals surface area contributed by atoms with Gasteiger partial charge >= 0.3 is 12.1 Å². The van der Waals surface area contributed by atoms with Gasteiger partial charge in [-0.05, 0) is 24.6 Å². The Morgan fingerprint density at radius 2 is 2.00 bits per heavy atom. The minimum atomic E-state index is -4.75. The topological polar surface area (TPSA) is 87.1 Å². The van der Waals surface area contributed by atoms with E-state index < -0.39 is 29.6 Å². The molecule has 2 aromatic rings. The summed E-state index contributed by atoms with van der Waals surface area (Å²) in [6, 6.07) is 3.25. The third-order valence-electron chi connectivity index (χ3n) is 3.29. The van der Waals surface area contributed by atoms with Gasteiger partial charge in [-0.3, -0.25) is 0 Å². The molecule has 0 bridgehead atoms. The number of halogens is 5. The maximum absolute atomic E-state index is 13.1. The van der Waals surface area contributed by atoms with E-state index >= 15 is 0 Å². The normalized spacial score (nSPS) is 12.5. The van der Waals surface area contributed by atoms with E-state index in [1.165, 1.54) is 25.1 Å². The molecule has 1 aromatic heterocycles. The number of anilines is 3. The second kappa shape index (κ2) is 7.96. The van der Waals surface area contributed by atoms with Crippen molar-refractivity contribution in [3.8, 4) is 0 Å². The molecule has 0 amide bonds. The van der Waals surface area contributed by atoms with Crippen molar-refractivity contribution in [2.24, 2.45) is 0 Å². The lowest BCUT2D eigenvalue weighted by Gasteiger charge is -2.18. The molecule has 0 aliphatic carbocycles. The van der Waals surface area contributed by atoms with Gasteiger partial charge in [0.05, 0.1) is 10.0 Å². The van der Waals surface area contributed by atoms with Crippen molar-refractivity contribution in [3.63, 3.8) is 0 Å². The summed E-state index contributed by atoms with van der Waals surface area (Å²) in [4.78, 5) is 18.5. The predicted octanol–water partition coefficient (Wildman–Crippen LogP) is 4.82. The van der Waals surface area contributed by atoms with Crippen molar-refractivity contribution < 1.29 is 23.1 Å². The Labute approximate surface area is 156 Å². The quantitative estimate of drug-likeness (QED) is 0.634. The Balaban J connectivity index is 2.38. The lowest BCUT2D eigenvalue weighted by atomic mass is 10.2. The molecule has 11 heteroatoms. The molecule has 0 saturated heterocycles. The minimum Gasteiger partial charge on any atom is -0.480 e. The standard InChI is InChI=1S/C15H13Cl2F3N4O2/c1-2-11(13(25)26)23-12-8(15(18,19)20)6-21-14(24-12)22-7-3-4-9(16)10(17)5-7/h3-6,11H,2H2,1H3,(H,25,26)(H2,21,22,23,24). The van der Waals surface area contributed by atoms with Gasteiger partial charge in [0, 0.05) is 11.9 Å². The van der Waals surface area contributed by atoms with Crippen molar-refractivity contribution in [3.05, 3.63) is 40.0 Å². The van der Waals surface area contributed by atoms with Crippen LogP contribution in [0.3, 0.4) is 0 Å². The fraction of sp³-hybridized carbons (Fsp3) is 0.267. The van der Waals surface area contributed by atoms with Gasteiger partial charge < -0.3 is 15.7 Å². The molecule has 1 heterocycles. The van der Waals surface area contributed by atoms with Crippen LogP contribution in [0.1, 0.15) is 18.9 Å². The van der Waals surface area contributed by atoms with Crippen molar-refractivity contribution in [2.75, 3.05) is 10.6 Å². The van der Waals surface area contributed by atoms with Gasteiger partial charge in [-0.25, -0.2) is 9.78 Å². The van der Waals surface area contributed by atoms with Gasteiger partial charge in [0.1, 0.15) is 17.4 Å². The van der Waals surface area contributed by atoms with Gasteiger partial charge in [0.15, 0.2) is 0 Å². The molecule has 0 aliphatic heterocycles. The molecular weight excluding hydrogens is 396 g/mol. The van der Waals surface area contributed by atoms with Crippen molar-refractivity contribution in [2.45, 2.75) is 25.6 Å². The van der Waals surface area contributed by atoms with E-state index in [0.717, 1.165) is 0 Å². The molecule has 26 heavy (non-hydrogen) atoms. The molecule has 0 aliphatic rings. The number of aromatic nitrogens is 2. The Kier molecular flexibility index (Phi) is 6.14. The number of nitrogens with zero attached hydrogens (tertiary/aromatic N) is 2. The largest absolute Gasteiger partial charge is 0.480 e. The average molecular weight is 409 g/mol. The molecule has 1 atom stereocenters. The lowest BCUT2D eigenvalue weighted by Crippen LogP contribution is -2.30. The first-order chi connectivity index (χ1) is 12.1. The number of nitrogens with one attached hydrogen (secondary N) is 2. The van der Waals surface area contributed by atoms with Crippen LogP contribution in [-0.4, -0.2) is 27.1 Å². The second-order valence-electron chi connectivity index (χ2n) is 5.15. The fourth-order valence-corrected chi connectivity index (χ4v) is 2.26. The monoisotopic (exact) mass is 408 g/mol. The second-order valence-corrected chi connectivity index (χ2v) is 5.97. The number of alkyl halides is 3. The van der Waals surface area contributed by atoms with E-state index in [4.69, 9.17) is 28.3 Å². The fourth-order valence-electron chi connectivity index (χ4n) is 1.97. The molecule has 1 aromatic carbocycles. The van der Waals surface area contributed by atoms with Gasteiger partial charge in [-0.15, -0.1) is 0 Å². The van der Waals surface area contributed by atoms with Gasteiger partial charge in [-0.2, -0.15) is 18.2 Å². The van der Waals surface area contributed by atoms with Gasteiger partial charge in [-0.1, -0.05) is 30.1 Å². The molecule has 140 valence electrons. The van der Waals surface area contributed by atoms with Crippen LogP contribution in [0.15, 0.2) is 24.4 Å². The highest BCUT2D eigenvalue weighted by molar-refractivity contribution is 6.42. The highest BCUT2D eigenvalue weighted by atomic mass is 35.5. The summed E-state index contributed by atoms with van der Waals surface area (Å²) in [6.07, 6.45) is -4.11. The van der Waals surface area contributed by atoms with E-state index in [1.54, 1.807) is 0 Å². The van der Waals surface area contributed by atoms with Crippen molar-refractivity contribution >= 4 is 46.6 Å². The molecular formula is C15H13Cl2F3N4O2. The molecule has 0 fully saturated rings. The maximum atomic E-state index is 13.1. The van der Waals surface area contributed by atoms with E-state index in [0.29, 0.717) is 16.9 Å². The first-order valence-corrected chi connectivity index (χ1v) is 8.03. The zero-order valence-corrected chi connectivity index (χ0v) is 14.7. The number of benzene rings is 1. The zero-order chi connectivity index (χ0) is 19.5. The summed E-state index contributed by atoms with van der Waals surface area (Å²) in [7, 11) is 0. The maximum Gasteiger partial charge on any atom is 0.421 e. The molecule has 0 spiro atoms. The first-order valence-electron chi connectivity index (χ1n) is 7.27. The lowest BCUT2D eigenvalue weighted by molar-refractivity contribution is -0.139. The number of hydrogen-bond donors (Lipinski definition) is 3. The number of carbonyl (C=O) groups is 1. The third-order valence-corrected chi connectivity index (χ3v) is 4.03. The number of rotatable bonds is 6. The summed E-state index contributed by atoms with van der Waals surface area (Å²) >= 11 is 11.7. The van der Waals surface area contributed by atoms with E-state index in [1.807, 2.05) is 0 Å². The molecule has 0 radical (unpaired) electrons. The molecule has 3 N–H and O–H groups in total. The van der Waals surface area contributed by atoms with Crippen LogP contribution >= 0.6 is 23.2 Å². The van der Waals surface area contributed by atoms with Crippen molar-refractivity contribution in [1.82, 2.24) is 9.97 Å². The van der Waals surface area contributed by atoms with E-state index in [9.17, 15) is 18.0 Å². The highest BCUT2D eigenvalue weighted by Crippen LogP contribution is 2.34. The number of carboxylic acids is 1. The van der Waals surface area contributed by atoms with Crippen LogP contribution in [0.25, 0.3) is 0 Å². The summed E-state index contributed by atoms with van der Waals surface area (Å²) in [5.74, 6) is -2.10. The van der Waals surface area contributed by atoms with Crippen LogP contribution in [0, 0.1) is 0 Å². The summed E-state index contributed by atoms with van der Waals surface area (Å²) in [5, 5.41) is 14.6. The minimum absolute atomic E-state index is 0.0617. The smallest absolute Gasteiger partial charge is 0.421 e. The zero-order valence-electron chi connectivity index (χ0n) is 13.2. The van der Waals surface area contributed by atoms with Crippen LogP contribution < -0.4 is 10.6 Å². The SMILES string of the molecule is CCC(Nc1nc(Nc2ccc(Cl)c(Cl)c2)ncc1C(F)(F)F)C(=O)O. The first kappa shape index (κ1) is 20.1. The third kappa shape index (κ3) is 4.89. The van der Waals surface area contributed by atoms with E-state index in [-0.39, 0.29) is 17.4 Å². The molecule has 0 saturated carbocycles. The predicted molar refractivity (Wildman–Crippen MR) is 92.1 cm³/mol. The Morgan fingerprint density at radius 3 is 2.54 bits per heavy atom. The molecule has 2 rings (SSSR count). The summed E-state index contributed by atoms with van der Waals surface area (Å²) in [6.45, 7) is 1.52. The number of carboxylic acid groups (broad SMARTS) is 1.